The highest BCUT2D eigenvalue weighted by atomic mass is 35.5. The number of hydrogen-bond donors (Lipinski definition) is 0. The summed E-state index contributed by atoms with van der Waals surface area (Å²) in [5, 5.41) is 2.62. The third-order valence-corrected chi connectivity index (χ3v) is 4.81. The minimum Gasteiger partial charge on any atom is -0.322 e. The Kier molecular flexibility index (Phi) is 4.90. The van der Waals surface area contributed by atoms with Gasteiger partial charge in [-0.25, -0.2) is 0 Å². The molecule has 0 atom stereocenters. The standard InChI is InChI=1S/C17H17ClN2OS/c18-13-6-8-14(9-7-13)20(17-5-1-2-10-19-17)12-15(21)16-4-3-11-22-16/h3-4,6-9,11H,1-2,5,10,12H2. The summed E-state index contributed by atoms with van der Waals surface area (Å²) >= 11 is 7.46. The number of halogens is 1. The lowest BCUT2D eigenvalue weighted by Crippen LogP contribution is -2.36. The molecule has 0 amide bonds. The van der Waals surface area contributed by atoms with Crippen molar-refractivity contribution in [1.29, 1.82) is 0 Å². The van der Waals surface area contributed by atoms with Gasteiger partial charge in [0, 0.05) is 23.7 Å². The summed E-state index contributed by atoms with van der Waals surface area (Å²) in [5.74, 6) is 1.12. The number of anilines is 1. The van der Waals surface area contributed by atoms with Crippen LogP contribution in [0.5, 0.6) is 0 Å². The molecule has 0 saturated carbocycles. The Bertz CT molecular complexity index is 664. The van der Waals surface area contributed by atoms with Crippen LogP contribution in [-0.4, -0.2) is 24.7 Å². The van der Waals surface area contributed by atoms with Crippen molar-refractivity contribution >= 4 is 40.2 Å². The van der Waals surface area contributed by atoms with Gasteiger partial charge in [0.15, 0.2) is 5.78 Å². The fourth-order valence-corrected chi connectivity index (χ4v) is 3.30. The predicted octanol–water partition coefficient (Wildman–Crippen LogP) is 4.67. The van der Waals surface area contributed by atoms with Gasteiger partial charge < -0.3 is 4.90 Å². The summed E-state index contributed by atoms with van der Waals surface area (Å²) in [6, 6.07) is 11.4. The van der Waals surface area contributed by atoms with Crippen molar-refractivity contribution in [2.24, 2.45) is 4.99 Å². The Balaban J connectivity index is 1.87. The zero-order valence-electron chi connectivity index (χ0n) is 12.2. The van der Waals surface area contributed by atoms with Gasteiger partial charge in [-0.2, -0.15) is 0 Å². The van der Waals surface area contributed by atoms with Crippen molar-refractivity contribution in [3.8, 4) is 0 Å². The normalized spacial score (nSPS) is 14.5. The maximum absolute atomic E-state index is 12.5. The van der Waals surface area contributed by atoms with Gasteiger partial charge in [-0.3, -0.25) is 9.79 Å². The number of carbonyl (C=O) groups excluding carboxylic acids is 1. The lowest BCUT2D eigenvalue weighted by atomic mass is 10.1. The lowest BCUT2D eigenvalue weighted by Gasteiger charge is -2.27. The number of ketones is 1. The van der Waals surface area contributed by atoms with E-state index in [2.05, 4.69) is 4.99 Å². The van der Waals surface area contributed by atoms with Crippen LogP contribution in [0, 0.1) is 0 Å². The van der Waals surface area contributed by atoms with E-state index >= 15 is 0 Å². The van der Waals surface area contributed by atoms with Crippen LogP contribution in [0.1, 0.15) is 28.9 Å². The summed E-state index contributed by atoms with van der Waals surface area (Å²) in [6.07, 6.45) is 3.16. The highest BCUT2D eigenvalue weighted by molar-refractivity contribution is 7.12. The van der Waals surface area contributed by atoms with E-state index in [0.717, 1.165) is 42.2 Å². The van der Waals surface area contributed by atoms with Crippen LogP contribution < -0.4 is 4.90 Å². The molecule has 0 bridgehead atoms. The number of rotatable bonds is 4. The van der Waals surface area contributed by atoms with E-state index in [4.69, 9.17) is 11.6 Å². The molecule has 1 aliphatic heterocycles. The van der Waals surface area contributed by atoms with Crippen molar-refractivity contribution in [2.45, 2.75) is 19.3 Å². The van der Waals surface area contributed by atoms with Crippen molar-refractivity contribution in [2.75, 3.05) is 18.0 Å². The number of carbonyl (C=O) groups is 1. The monoisotopic (exact) mass is 332 g/mol. The highest BCUT2D eigenvalue weighted by Crippen LogP contribution is 2.22. The molecule has 2 aromatic rings. The second-order valence-electron chi connectivity index (χ2n) is 5.22. The fourth-order valence-electron chi connectivity index (χ4n) is 2.51. The Morgan fingerprint density at radius 1 is 1.23 bits per heavy atom. The Labute approximate surface area is 139 Å². The molecule has 0 spiro atoms. The number of thiophene rings is 1. The molecule has 1 aliphatic rings. The van der Waals surface area contributed by atoms with Gasteiger partial charge in [-0.05, 0) is 48.6 Å². The molecular weight excluding hydrogens is 316 g/mol. The van der Waals surface area contributed by atoms with Crippen LogP contribution >= 0.6 is 22.9 Å². The third-order valence-electron chi connectivity index (χ3n) is 3.65. The van der Waals surface area contributed by atoms with E-state index in [9.17, 15) is 4.79 Å². The highest BCUT2D eigenvalue weighted by Gasteiger charge is 2.20. The largest absolute Gasteiger partial charge is 0.322 e. The maximum Gasteiger partial charge on any atom is 0.192 e. The van der Waals surface area contributed by atoms with Crippen LogP contribution in [0.3, 0.4) is 0 Å². The first-order valence-electron chi connectivity index (χ1n) is 7.37. The second-order valence-corrected chi connectivity index (χ2v) is 6.60. The molecule has 3 nitrogen and oxygen atoms in total. The first-order valence-corrected chi connectivity index (χ1v) is 8.63. The molecule has 5 heteroatoms. The van der Waals surface area contributed by atoms with E-state index in [1.807, 2.05) is 46.7 Å². The molecule has 1 aromatic carbocycles. The SMILES string of the molecule is O=C(CN(C1=NCCCC1)c1ccc(Cl)cc1)c1cccs1. The second kappa shape index (κ2) is 7.07. The first kappa shape index (κ1) is 15.3. The molecule has 2 heterocycles. The third kappa shape index (κ3) is 3.57. The minimum atomic E-state index is 0.123. The van der Waals surface area contributed by atoms with Gasteiger partial charge >= 0.3 is 0 Å². The van der Waals surface area contributed by atoms with E-state index in [1.54, 1.807) is 0 Å². The van der Waals surface area contributed by atoms with Crippen molar-refractivity contribution in [3.63, 3.8) is 0 Å². The van der Waals surface area contributed by atoms with Crippen LogP contribution in [0.4, 0.5) is 5.69 Å². The average Bonchev–Trinajstić information content (AvgIpc) is 3.09. The zero-order valence-corrected chi connectivity index (χ0v) is 13.7. The fraction of sp³-hybridized carbons (Fsp3) is 0.294. The number of benzene rings is 1. The van der Waals surface area contributed by atoms with Crippen molar-refractivity contribution in [3.05, 3.63) is 51.7 Å². The molecule has 0 fully saturated rings. The summed E-state index contributed by atoms with van der Waals surface area (Å²) in [6.45, 7) is 1.16. The van der Waals surface area contributed by atoms with Gasteiger partial charge in [-0.1, -0.05) is 17.7 Å². The van der Waals surface area contributed by atoms with E-state index in [0.29, 0.717) is 11.6 Å². The summed E-state index contributed by atoms with van der Waals surface area (Å²) < 4.78 is 0. The molecular formula is C17H17ClN2OS. The van der Waals surface area contributed by atoms with E-state index in [1.165, 1.54) is 11.3 Å². The van der Waals surface area contributed by atoms with Gasteiger partial charge in [0.1, 0.15) is 5.84 Å². The van der Waals surface area contributed by atoms with Crippen molar-refractivity contribution < 1.29 is 4.79 Å². The number of nitrogens with zero attached hydrogens (tertiary/aromatic N) is 2. The topological polar surface area (TPSA) is 32.7 Å². The predicted molar refractivity (Wildman–Crippen MR) is 93.6 cm³/mol. The Morgan fingerprint density at radius 2 is 2.05 bits per heavy atom. The maximum atomic E-state index is 12.5. The number of aliphatic imine (C=N–C) groups is 1. The lowest BCUT2D eigenvalue weighted by molar-refractivity contribution is 0.101. The summed E-state index contributed by atoms with van der Waals surface area (Å²) in [4.78, 5) is 19.9. The molecule has 114 valence electrons. The molecule has 22 heavy (non-hydrogen) atoms. The molecule has 3 rings (SSSR count). The smallest absolute Gasteiger partial charge is 0.192 e. The number of amidine groups is 1. The molecule has 0 aliphatic carbocycles. The first-order chi connectivity index (χ1) is 10.7. The minimum absolute atomic E-state index is 0.123. The van der Waals surface area contributed by atoms with E-state index in [-0.39, 0.29) is 5.78 Å². The van der Waals surface area contributed by atoms with Crippen molar-refractivity contribution in [1.82, 2.24) is 0 Å². The quantitative estimate of drug-likeness (QED) is 0.762. The molecule has 0 radical (unpaired) electrons. The summed E-state index contributed by atoms with van der Waals surface area (Å²) in [7, 11) is 0. The number of Topliss-reactive ketones (excluding diaryl/α,β-unsaturated/α-hetero) is 1. The van der Waals surface area contributed by atoms with Crippen LogP contribution in [-0.2, 0) is 0 Å². The average molecular weight is 333 g/mol. The molecule has 0 N–H and O–H groups in total. The molecule has 0 unspecified atom stereocenters. The van der Waals surface area contributed by atoms with Gasteiger partial charge in [0.05, 0.1) is 11.4 Å². The Hall–Kier alpha value is -1.65. The van der Waals surface area contributed by atoms with Crippen LogP contribution in [0.25, 0.3) is 0 Å². The van der Waals surface area contributed by atoms with E-state index < -0.39 is 0 Å². The van der Waals surface area contributed by atoms with Gasteiger partial charge in [-0.15, -0.1) is 11.3 Å². The molecule has 1 aromatic heterocycles. The van der Waals surface area contributed by atoms with Crippen LogP contribution in [0.2, 0.25) is 5.02 Å². The molecule has 0 saturated heterocycles. The van der Waals surface area contributed by atoms with Crippen LogP contribution in [0.15, 0.2) is 46.8 Å². The Morgan fingerprint density at radius 3 is 2.68 bits per heavy atom. The zero-order chi connectivity index (χ0) is 15.4. The summed E-state index contributed by atoms with van der Waals surface area (Å²) in [5.41, 5.74) is 0.968. The number of hydrogen-bond acceptors (Lipinski definition) is 4. The van der Waals surface area contributed by atoms with Gasteiger partial charge in [0.2, 0.25) is 0 Å². The van der Waals surface area contributed by atoms with Gasteiger partial charge in [0.25, 0.3) is 0 Å².